The summed E-state index contributed by atoms with van der Waals surface area (Å²) in [7, 11) is 0. The number of benzene rings is 3. The molecule has 7 rings (SSSR count). The summed E-state index contributed by atoms with van der Waals surface area (Å²) < 4.78 is 4.33. The molecule has 214 valence electrons. The lowest BCUT2D eigenvalue weighted by Crippen LogP contribution is -2.41. The molecule has 3 aromatic carbocycles. The van der Waals surface area contributed by atoms with Gasteiger partial charge in [-0.15, -0.1) is 0 Å². The fourth-order valence-electron chi connectivity index (χ4n) is 5.71. The lowest BCUT2D eigenvalue weighted by atomic mass is 10.0. The molecular formula is C33H26BrClN6O2. The van der Waals surface area contributed by atoms with E-state index < -0.39 is 0 Å². The number of imidazole rings is 1. The Morgan fingerprint density at radius 2 is 1.84 bits per heavy atom. The average Bonchev–Trinajstić information content (AvgIpc) is 3.65. The zero-order valence-electron chi connectivity index (χ0n) is 23.2. The molecule has 10 heteroatoms. The second-order valence-electron chi connectivity index (χ2n) is 10.7. The van der Waals surface area contributed by atoms with E-state index in [0.717, 1.165) is 44.1 Å². The van der Waals surface area contributed by atoms with Crippen LogP contribution in [-0.4, -0.2) is 41.5 Å². The van der Waals surface area contributed by atoms with E-state index in [1.807, 2.05) is 60.1 Å². The topological polar surface area (TPSA) is 88.3 Å². The van der Waals surface area contributed by atoms with Gasteiger partial charge >= 0.3 is 0 Å². The monoisotopic (exact) mass is 652 g/mol. The third-order valence-electron chi connectivity index (χ3n) is 7.86. The first-order valence-corrected chi connectivity index (χ1v) is 15.1. The van der Waals surface area contributed by atoms with Crippen LogP contribution in [0.4, 0.5) is 0 Å². The van der Waals surface area contributed by atoms with Crippen LogP contribution >= 0.6 is 27.5 Å². The van der Waals surface area contributed by atoms with Crippen molar-refractivity contribution in [1.29, 1.82) is 0 Å². The minimum Gasteiger partial charge on any atom is -0.342 e. The SMILES string of the molecule is Cc1cnc(-c2ccc(-n3c(=O)c4c(n5ncc(Cc6ccccc6)c35)CN(C(=O)c3ccc(Br)c(Cl)c3)CC4)cc2)[nH]1. The van der Waals surface area contributed by atoms with Crippen LogP contribution in [0.5, 0.6) is 0 Å². The number of hydrogen-bond acceptors (Lipinski definition) is 4. The Morgan fingerprint density at radius 1 is 1.05 bits per heavy atom. The molecule has 0 unspecified atom stereocenters. The number of fused-ring (bicyclic) bond motifs is 3. The Hall–Kier alpha value is -4.47. The van der Waals surface area contributed by atoms with Crippen molar-refractivity contribution in [2.75, 3.05) is 6.54 Å². The van der Waals surface area contributed by atoms with Gasteiger partial charge in [0.1, 0.15) is 11.5 Å². The van der Waals surface area contributed by atoms with Crippen molar-refractivity contribution in [1.82, 2.24) is 29.0 Å². The maximum atomic E-state index is 14.3. The molecule has 0 saturated carbocycles. The highest BCUT2D eigenvalue weighted by Crippen LogP contribution is 2.28. The molecule has 4 heterocycles. The van der Waals surface area contributed by atoms with E-state index in [1.54, 1.807) is 33.9 Å². The van der Waals surface area contributed by atoms with Gasteiger partial charge < -0.3 is 9.88 Å². The van der Waals surface area contributed by atoms with Crippen molar-refractivity contribution in [2.45, 2.75) is 26.3 Å². The highest BCUT2D eigenvalue weighted by atomic mass is 79.9. The van der Waals surface area contributed by atoms with Gasteiger partial charge in [0.05, 0.1) is 29.1 Å². The number of nitrogens with zero attached hydrogens (tertiary/aromatic N) is 5. The maximum absolute atomic E-state index is 14.3. The molecule has 1 amide bonds. The third-order valence-corrected chi connectivity index (χ3v) is 9.09. The first kappa shape index (κ1) is 27.4. The van der Waals surface area contributed by atoms with Crippen LogP contribution < -0.4 is 5.56 Å². The number of carbonyl (C=O) groups excluding carboxylic acids is 1. The van der Waals surface area contributed by atoms with Crippen molar-refractivity contribution in [3.63, 3.8) is 0 Å². The van der Waals surface area contributed by atoms with Gasteiger partial charge in [0.25, 0.3) is 11.5 Å². The average molecular weight is 654 g/mol. The molecule has 1 aliphatic heterocycles. The molecule has 0 spiro atoms. The van der Waals surface area contributed by atoms with Crippen molar-refractivity contribution >= 4 is 39.1 Å². The quantitative estimate of drug-likeness (QED) is 0.234. The van der Waals surface area contributed by atoms with E-state index in [1.165, 1.54) is 0 Å². The number of aromatic amines is 1. The molecule has 0 bridgehead atoms. The Balaban J connectivity index is 1.35. The first-order chi connectivity index (χ1) is 20.9. The van der Waals surface area contributed by atoms with Gasteiger partial charge in [-0.25, -0.2) is 9.50 Å². The van der Waals surface area contributed by atoms with Crippen LogP contribution in [-0.2, 0) is 19.4 Å². The second kappa shape index (κ2) is 11.0. The van der Waals surface area contributed by atoms with E-state index in [9.17, 15) is 9.59 Å². The van der Waals surface area contributed by atoms with Crippen molar-refractivity contribution in [3.05, 3.63) is 139 Å². The largest absolute Gasteiger partial charge is 0.342 e. The summed E-state index contributed by atoms with van der Waals surface area (Å²) in [5.74, 6) is 0.635. The lowest BCUT2D eigenvalue weighted by Gasteiger charge is -2.30. The summed E-state index contributed by atoms with van der Waals surface area (Å²) in [4.78, 5) is 37.3. The van der Waals surface area contributed by atoms with Crippen LogP contribution in [0.3, 0.4) is 0 Å². The number of aromatic nitrogens is 5. The first-order valence-electron chi connectivity index (χ1n) is 13.9. The van der Waals surface area contributed by atoms with Crippen LogP contribution in [0.2, 0.25) is 5.02 Å². The highest BCUT2D eigenvalue weighted by Gasteiger charge is 2.29. The second-order valence-corrected chi connectivity index (χ2v) is 12.0. The predicted molar refractivity (Wildman–Crippen MR) is 170 cm³/mol. The molecule has 0 aliphatic carbocycles. The minimum atomic E-state index is -0.141. The fourth-order valence-corrected chi connectivity index (χ4v) is 6.13. The zero-order valence-corrected chi connectivity index (χ0v) is 25.6. The van der Waals surface area contributed by atoms with E-state index in [4.69, 9.17) is 16.7 Å². The summed E-state index contributed by atoms with van der Waals surface area (Å²) in [6.07, 6.45) is 4.64. The molecule has 0 atom stereocenters. The van der Waals surface area contributed by atoms with Crippen molar-refractivity contribution < 1.29 is 4.79 Å². The standard InChI is InChI=1S/C33H26BrClN6O2/c1-20-17-36-30(38-20)22-7-10-25(11-8-22)40-31-24(15-21-5-3-2-4-6-21)18-37-41(31)29-19-39(14-13-26(29)33(40)43)32(42)23-9-12-27(34)28(35)16-23/h2-12,16-18H,13-15,19H2,1H3,(H,36,38). The zero-order chi connectivity index (χ0) is 29.7. The number of rotatable bonds is 5. The molecular weight excluding hydrogens is 628 g/mol. The predicted octanol–water partition coefficient (Wildman–Crippen LogP) is 6.39. The van der Waals surface area contributed by atoms with Crippen molar-refractivity contribution in [3.8, 4) is 17.1 Å². The molecule has 0 saturated heterocycles. The number of amides is 1. The van der Waals surface area contributed by atoms with Crippen LogP contribution in [0, 0.1) is 6.92 Å². The van der Waals surface area contributed by atoms with Crippen LogP contribution in [0.1, 0.15) is 38.4 Å². The maximum Gasteiger partial charge on any atom is 0.261 e. The minimum absolute atomic E-state index is 0.0994. The summed E-state index contributed by atoms with van der Waals surface area (Å²) in [6.45, 7) is 2.64. The molecule has 43 heavy (non-hydrogen) atoms. The highest BCUT2D eigenvalue weighted by molar-refractivity contribution is 9.10. The van der Waals surface area contributed by atoms with Gasteiger partial charge in [0.2, 0.25) is 0 Å². The van der Waals surface area contributed by atoms with Gasteiger partial charge in [-0.2, -0.15) is 5.10 Å². The van der Waals surface area contributed by atoms with Gasteiger partial charge in [-0.05, 0) is 77.3 Å². The van der Waals surface area contributed by atoms with Gasteiger partial charge in [0, 0.05) is 51.6 Å². The van der Waals surface area contributed by atoms with E-state index in [-0.39, 0.29) is 18.0 Å². The van der Waals surface area contributed by atoms with Gasteiger partial charge in [-0.1, -0.05) is 41.9 Å². The van der Waals surface area contributed by atoms with Crippen molar-refractivity contribution in [2.24, 2.45) is 0 Å². The van der Waals surface area contributed by atoms with Gasteiger partial charge in [0.15, 0.2) is 0 Å². The molecule has 0 radical (unpaired) electrons. The summed E-state index contributed by atoms with van der Waals surface area (Å²) in [5.41, 5.74) is 7.15. The molecule has 3 aromatic heterocycles. The molecule has 6 aromatic rings. The van der Waals surface area contributed by atoms with Crippen LogP contribution in [0.15, 0.2) is 94.5 Å². The summed E-state index contributed by atoms with van der Waals surface area (Å²) in [5, 5.41) is 5.26. The third kappa shape index (κ3) is 4.98. The number of hydrogen-bond donors (Lipinski definition) is 1. The number of carbonyl (C=O) groups is 1. The number of aryl methyl sites for hydroxylation is 1. The number of H-pyrrole nitrogens is 1. The molecule has 1 N–H and O–H groups in total. The van der Waals surface area contributed by atoms with E-state index >= 15 is 0 Å². The van der Waals surface area contributed by atoms with E-state index in [2.05, 4.69) is 38.0 Å². The van der Waals surface area contributed by atoms with E-state index in [0.29, 0.717) is 41.2 Å². The summed E-state index contributed by atoms with van der Waals surface area (Å²) in [6, 6.07) is 23.1. The Bertz CT molecular complexity index is 2060. The Morgan fingerprint density at radius 3 is 2.56 bits per heavy atom. The molecule has 0 fully saturated rings. The van der Waals surface area contributed by atoms with Crippen LogP contribution in [0.25, 0.3) is 22.7 Å². The Kier molecular flexibility index (Phi) is 6.99. The lowest BCUT2D eigenvalue weighted by molar-refractivity contribution is 0.0729. The molecule has 1 aliphatic rings. The number of nitrogens with one attached hydrogen (secondary N) is 1. The Labute approximate surface area is 260 Å². The van der Waals surface area contributed by atoms with Gasteiger partial charge in [-0.3, -0.25) is 14.2 Å². The number of halogens is 2. The molecule has 8 nitrogen and oxygen atoms in total. The smallest absolute Gasteiger partial charge is 0.261 e. The summed E-state index contributed by atoms with van der Waals surface area (Å²) >= 11 is 9.68. The normalized spacial score (nSPS) is 13.0. The fraction of sp³-hybridized carbons (Fsp3) is 0.152.